The summed E-state index contributed by atoms with van der Waals surface area (Å²) in [4.78, 5) is 13.2. The van der Waals surface area contributed by atoms with E-state index < -0.39 is 0 Å². The summed E-state index contributed by atoms with van der Waals surface area (Å²) >= 11 is 0. The number of carbonyl (C=O) groups is 1. The molecule has 0 aliphatic heterocycles. The molecular weight excluding hydrogens is 200 g/mol. The number of rotatable bonds is 5. The van der Waals surface area contributed by atoms with Gasteiger partial charge in [0, 0.05) is 32.6 Å². The summed E-state index contributed by atoms with van der Waals surface area (Å²) in [6, 6.07) is 0.691. The maximum Gasteiger partial charge on any atom is 0.223 e. The molecule has 1 amide bonds. The van der Waals surface area contributed by atoms with Crippen LogP contribution in [-0.4, -0.2) is 37.0 Å². The quantitative estimate of drug-likeness (QED) is 0.783. The van der Waals surface area contributed by atoms with Gasteiger partial charge in [-0.2, -0.15) is 0 Å². The van der Waals surface area contributed by atoms with Crippen molar-refractivity contribution in [3.8, 4) is 0 Å². The molecule has 2 atom stereocenters. The molecule has 0 fully saturated rings. The lowest BCUT2D eigenvalue weighted by molar-refractivity contribution is -0.129. The van der Waals surface area contributed by atoms with Gasteiger partial charge in [-0.05, 0) is 18.8 Å². The van der Waals surface area contributed by atoms with Crippen LogP contribution >= 0.6 is 0 Å². The summed E-state index contributed by atoms with van der Waals surface area (Å²) in [6.45, 7) is 11.0. The Bertz CT molecular complexity index is 218. The van der Waals surface area contributed by atoms with Crippen molar-refractivity contribution in [2.45, 2.75) is 59.5 Å². The topological polar surface area (TPSA) is 32.3 Å². The number of hydrogen-bond acceptors (Lipinski definition) is 2. The van der Waals surface area contributed by atoms with Crippen LogP contribution in [0.5, 0.6) is 0 Å². The zero-order chi connectivity index (χ0) is 12.9. The number of carbonyl (C=O) groups excluding carboxylic acids is 1. The minimum atomic E-state index is 0.184. The molecule has 2 unspecified atom stereocenters. The van der Waals surface area contributed by atoms with Crippen LogP contribution in [0.15, 0.2) is 0 Å². The van der Waals surface area contributed by atoms with Gasteiger partial charge < -0.3 is 10.2 Å². The molecule has 0 bridgehead atoms. The molecule has 0 saturated carbocycles. The second-order valence-corrected chi connectivity index (χ2v) is 5.89. The van der Waals surface area contributed by atoms with E-state index in [1.165, 1.54) is 0 Å². The van der Waals surface area contributed by atoms with Crippen LogP contribution in [0, 0.1) is 5.41 Å². The van der Waals surface area contributed by atoms with Crippen LogP contribution in [0.1, 0.15) is 47.5 Å². The molecule has 0 aromatic carbocycles. The van der Waals surface area contributed by atoms with Gasteiger partial charge in [0.1, 0.15) is 0 Å². The fourth-order valence-electron chi connectivity index (χ4n) is 1.83. The molecule has 96 valence electrons. The Balaban J connectivity index is 4.22. The standard InChI is InChI=1S/C13H28N2O/c1-8-11(13(3,4)5)14-10(2)9-12(16)15(6)7/h10-11,14H,8-9H2,1-7H3. The summed E-state index contributed by atoms with van der Waals surface area (Å²) < 4.78 is 0. The molecule has 0 rings (SSSR count). The van der Waals surface area contributed by atoms with E-state index in [1.54, 1.807) is 19.0 Å². The number of nitrogens with zero attached hydrogens (tertiary/aromatic N) is 1. The summed E-state index contributed by atoms with van der Waals surface area (Å²) in [5, 5.41) is 3.54. The third-order valence-corrected chi connectivity index (χ3v) is 2.92. The van der Waals surface area contributed by atoms with Gasteiger partial charge in [-0.3, -0.25) is 4.79 Å². The van der Waals surface area contributed by atoms with E-state index in [4.69, 9.17) is 0 Å². The zero-order valence-electron chi connectivity index (χ0n) is 11.9. The van der Waals surface area contributed by atoms with E-state index in [-0.39, 0.29) is 17.4 Å². The predicted molar refractivity (Wildman–Crippen MR) is 69.4 cm³/mol. The lowest BCUT2D eigenvalue weighted by Crippen LogP contribution is -2.45. The van der Waals surface area contributed by atoms with Crippen LogP contribution in [0.2, 0.25) is 0 Å². The minimum absolute atomic E-state index is 0.184. The molecule has 0 spiro atoms. The largest absolute Gasteiger partial charge is 0.349 e. The molecule has 1 N–H and O–H groups in total. The normalized spacial score (nSPS) is 15.7. The minimum Gasteiger partial charge on any atom is -0.349 e. The van der Waals surface area contributed by atoms with Crippen molar-refractivity contribution in [2.75, 3.05) is 14.1 Å². The summed E-state index contributed by atoms with van der Waals surface area (Å²) in [7, 11) is 3.60. The average Bonchev–Trinajstić information content (AvgIpc) is 2.11. The zero-order valence-corrected chi connectivity index (χ0v) is 11.9. The Labute approximate surface area is 101 Å². The van der Waals surface area contributed by atoms with Crippen molar-refractivity contribution in [3.63, 3.8) is 0 Å². The summed E-state index contributed by atoms with van der Waals surface area (Å²) in [5.41, 5.74) is 0.240. The van der Waals surface area contributed by atoms with Gasteiger partial charge in [-0.15, -0.1) is 0 Å². The molecular formula is C13H28N2O. The molecule has 0 aliphatic rings. The van der Waals surface area contributed by atoms with Gasteiger partial charge in [0.2, 0.25) is 5.91 Å². The Morgan fingerprint density at radius 3 is 2.12 bits per heavy atom. The molecule has 0 aromatic heterocycles. The van der Waals surface area contributed by atoms with E-state index in [0.29, 0.717) is 12.5 Å². The van der Waals surface area contributed by atoms with E-state index in [9.17, 15) is 4.79 Å². The first kappa shape index (κ1) is 15.4. The lowest BCUT2D eigenvalue weighted by Gasteiger charge is -2.33. The molecule has 3 heteroatoms. The van der Waals surface area contributed by atoms with Crippen LogP contribution in [0.3, 0.4) is 0 Å². The Hall–Kier alpha value is -0.570. The Morgan fingerprint density at radius 2 is 1.81 bits per heavy atom. The third-order valence-electron chi connectivity index (χ3n) is 2.92. The highest BCUT2D eigenvalue weighted by Gasteiger charge is 2.24. The highest BCUT2D eigenvalue weighted by Crippen LogP contribution is 2.22. The molecule has 0 aromatic rings. The predicted octanol–water partition coefficient (Wildman–Crippen LogP) is 2.27. The van der Waals surface area contributed by atoms with E-state index in [2.05, 4.69) is 39.9 Å². The highest BCUT2D eigenvalue weighted by molar-refractivity contribution is 5.76. The van der Waals surface area contributed by atoms with Crippen molar-refractivity contribution in [1.29, 1.82) is 0 Å². The van der Waals surface area contributed by atoms with Gasteiger partial charge in [-0.1, -0.05) is 27.7 Å². The van der Waals surface area contributed by atoms with Gasteiger partial charge >= 0.3 is 0 Å². The highest BCUT2D eigenvalue weighted by atomic mass is 16.2. The molecule has 3 nitrogen and oxygen atoms in total. The van der Waals surface area contributed by atoms with Crippen molar-refractivity contribution >= 4 is 5.91 Å². The van der Waals surface area contributed by atoms with Crippen molar-refractivity contribution in [2.24, 2.45) is 5.41 Å². The van der Waals surface area contributed by atoms with Gasteiger partial charge in [0.05, 0.1) is 0 Å². The van der Waals surface area contributed by atoms with Crippen molar-refractivity contribution in [1.82, 2.24) is 10.2 Å². The van der Waals surface area contributed by atoms with Gasteiger partial charge in [0.15, 0.2) is 0 Å². The second-order valence-electron chi connectivity index (χ2n) is 5.89. The second kappa shape index (κ2) is 6.24. The summed E-state index contributed by atoms with van der Waals surface area (Å²) in [6.07, 6.45) is 1.66. The number of amides is 1. The van der Waals surface area contributed by atoms with E-state index in [1.807, 2.05) is 0 Å². The van der Waals surface area contributed by atoms with Crippen LogP contribution in [0.25, 0.3) is 0 Å². The van der Waals surface area contributed by atoms with Gasteiger partial charge in [0.25, 0.3) is 0 Å². The maximum absolute atomic E-state index is 11.6. The molecule has 0 radical (unpaired) electrons. The monoisotopic (exact) mass is 228 g/mol. The molecule has 0 heterocycles. The summed E-state index contributed by atoms with van der Waals surface area (Å²) in [5.74, 6) is 0.184. The average molecular weight is 228 g/mol. The molecule has 16 heavy (non-hydrogen) atoms. The lowest BCUT2D eigenvalue weighted by atomic mass is 9.84. The van der Waals surface area contributed by atoms with E-state index >= 15 is 0 Å². The van der Waals surface area contributed by atoms with Crippen LogP contribution < -0.4 is 5.32 Å². The smallest absolute Gasteiger partial charge is 0.223 e. The fraction of sp³-hybridized carbons (Fsp3) is 0.923. The maximum atomic E-state index is 11.6. The first-order valence-corrected chi connectivity index (χ1v) is 6.14. The number of hydrogen-bond donors (Lipinski definition) is 1. The van der Waals surface area contributed by atoms with Crippen LogP contribution in [-0.2, 0) is 4.79 Å². The van der Waals surface area contributed by atoms with Crippen molar-refractivity contribution < 1.29 is 4.79 Å². The molecule has 0 saturated heterocycles. The first-order valence-electron chi connectivity index (χ1n) is 6.14. The van der Waals surface area contributed by atoms with Gasteiger partial charge in [-0.25, -0.2) is 0 Å². The van der Waals surface area contributed by atoms with E-state index in [0.717, 1.165) is 6.42 Å². The number of nitrogens with one attached hydrogen (secondary N) is 1. The van der Waals surface area contributed by atoms with Crippen LogP contribution in [0.4, 0.5) is 0 Å². The third kappa shape index (κ3) is 5.50. The fourth-order valence-corrected chi connectivity index (χ4v) is 1.83. The molecule has 0 aliphatic carbocycles. The Morgan fingerprint density at radius 1 is 1.31 bits per heavy atom. The SMILES string of the molecule is CCC(NC(C)CC(=O)N(C)C)C(C)(C)C. The first-order chi connectivity index (χ1) is 7.18. The Kier molecular flexibility index (Phi) is 6.01. The van der Waals surface area contributed by atoms with Crippen molar-refractivity contribution in [3.05, 3.63) is 0 Å².